The van der Waals surface area contributed by atoms with Gasteiger partial charge in [0.25, 0.3) is 6.71 Å². The van der Waals surface area contributed by atoms with E-state index in [-0.39, 0.29) is 68.9 Å². The van der Waals surface area contributed by atoms with Gasteiger partial charge in [0.15, 0.2) is 0 Å². The van der Waals surface area contributed by atoms with Gasteiger partial charge in [0.05, 0.1) is 20.8 Å². The van der Waals surface area contributed by atoms with E-state index in [4.69, 9.17) is 5.48 Å². The molecule has 0 atom stereocenters. The van der Waals surface area contributed by atoms with Crippen molar-refractivity contribution in [2.24, 2.45) is 0 Å². The molecule has 0 saturated heterocycles. The van der Waals surface area contributed by atoms with Crippen molar-refractivity contribution in [1.29, 1.82) is 0 Å². The standard InChI is InChI=1S/C62H37BN2/c1-3-17-41-38(15-1)31-35-54-61(41)64(40-33-34-50-45-21-6-5-19-43(45)44-20-8-10-25-49(44)53(50)37-40)57-29-14-30-58-60(57)63(54)55-36-32-39-16-2-4-18-42(39)62(55)65(58)56-28-13-27-52-48-23-9-7-22-46(48)47-24-11-12-26-51(47)59(52)56/h1-37H/i1D,2D,3D,4D,15D,16D,17D,18D,31D,32D,35D. The fourth-order valence-corrected chi connectivity index (χ4v) is 11.4. The summed E-state index contributed by atoms with van der Waals surface area (Å²) in [5, 5.41) is 12.2. The molecular formula is C62H37BN2. The molecule has 13 aromatic rings. The average molecular weight is 832 g/mol. The smallest absolute Gasteiger partial charge is 0.252 e. The minimum absolute atomic E-state index is 0.0263. The zero-order chi connectivity index (χ0) is 51.9. The molecule has 2 nitrogen and oxygen atoms in total. The first-order valence-electron chi connectivity index (χ1n) is 27.3. The molecule has 298 valence electrons. The van der Waals surface area contributed by atoms with E-state index in [9.17, 15) is 9.60 Å². The Labute approximate surface area is 391 Å². The highest BCUT2D eigenvalue weighted by Crippen LogP contribution is 2.51. The molecule has 0 unspecified atom stereocenters. The van der Waals surface area contributed by atoms with Gasteiger partial charge in [-0.2, -0.15) is 0 Å². The molecule has 0 saturated carbocycles. The third kappa shape index (κ3) is 4.69. The summed E-state index contributed by atoms with van der Waals surface area (Å²) >= 11 is 0. The van der Waals surface area contributed by atoms with E-state index in [1.807, 2.05) is 89.8 Å². The number of rotatable bonds is 2. The Morgan fingerprint density at radius 1 is 0.323 bits per heavy atom. The zero-order valence-corrected chi connectivity index (χ0v) is 34.5. The number of hydrogen-bond donors (Lipinski definition) is 0. The number of anilines is 6. The van der Waals surface area contributed by atoms with Crippen molar-refractivity contribution in [1.82, 2.24) is 0 Å². The van der Waals surface area contributed by atoms with Crippen molar-refractivity contribution >= 4 is 143 Å². The highest BCUT2D eigenvalue weighted by molar-refractivity contribution is 7.00. The second-order valence-corrected chi connectivity index (χ2v) is 17.0. The molecule has 0 amide bonds. The molecule has 0 fully saturated rings. The predicted octanol–water partition coefficient (Wildman–Crippen LogP) is 15.0. The van der Waals surface area contributed by atoms with E-state index in [0.717, 1.165) is 64.6 Å². The van der Waals surface area contributed by atoms with E-state index in [1.54, 1.807) is 6.07 Å². The Morgan fingerprint density at radius 3 is 1.42 bits per heavy atom. The first-order valence-corrected chi connectivity index (χ1v) is 21.8. The van der Waals surface area contributed by atoms with Crippen molar-refractivity contribution in [2.45, 2.75) is 0 Å². The summed E-state index contributed by atoms with van der Waals surface area (Å²) in [6, 6.07) is 48.6. The maximum absolute atomic E-state index is 10.2. The summed E-state index contributed by atoms with van der Waals surface area (Å²) in [5.41, 5.74) is 4.64. The van der Waals surface area contributed by atoms with E-state index in [1.165, 1.54) is 0 Å². The van der Waals surface area contributed by atoms with Crippen molar-refractivity contribution in [2.75, 3.05) is 9.80 Å². The molecule has 15 rings (SSSR count). The van der Waals surface area contributed by atoms with Gasteiger partial charge in [-0.3, -0.25) is 0 Å². The van der Waals surface area contributed by atoms with Crippen molar-refractivity contribution < 1.29 is 15.1 Å². The Balaban J connectivity index is 1.16. The molecule has 0 radical (unpaired) electrons. The summed E-state index contributed by atoms with van der Waals surface area (Å²) in [7, 11) is 0. The fraction of sp³-hybridized carbons (Fsp3) is 0. The van der Waals surface area contributed by atoms with Gasteiger partial charge in [-0.25, -0.2) is 0 Å². The van der Waals surface area contributed by atoms with Gasteiger partial charge in [0.1, 0.15) is 0 Å². The summed E-state index contributed by atoms with van der Waals surface area (Å²) in [6.45, 7) is -0.993. The Bertz CT molecular complexity index is 4810. The number of fused-ring (bicyclic) bond motifs is 20. The van der Waals surface area contributed by atoms with Crippen LogP contribution in [0.5, 0.6) is 0 Å². The normalized spacial score (nSPS) is 15.5. The molecule has 0 aromatic heterocycles. The lowest BCUT2D eigenvalue weighted by atomic mass is 9.33. The van der Waals surface area contributed by atoms with E-state index < -0.39 is 36.9 Å². The van der Waals surface area contributed by atoms with Gasteiger partial charge >= 0.3 is 0 Å². The Kier molecular flexibility index (Phi) is 5.29. The lowest BCUT2D eigenvalue weighted by Gasteiger charge is -2.45. The maximum Gasteiger partial charge on any atom is 0.252 e. The molecule has 0 bridgehead atoms. The summed E-state index contributed by atoms with van der Waals surface area (Å²) < 4.78 is 104. The molecule has 0 N–H and O–H groups in total. The molecule has 2 aliphatic rings. The number of benzene rings is 13. The summed E-state index contributed by atoms with van der Waals surface area (Å²) in [4.78, 5) is 4.05. The largest absolute Gasteiger partial charge is 0.311 e. The molecule has 2 heterocycles. The van der Waals surface area contributed by atoms with E-state index in [0.29, 0.717) is 39.4 Å². The summed E-state index contributed by atoms with van der Waals surface area (Å²) in [6.07, 6.45) is 0. The van der Waals surface area contributed by atoms with Crippen LogP contribution in [0.3, 0.4) is 0 Å². The summed E-state index contributed by atoms with van der Waals surface area (Å²) in [5.74, 6) is 0. The second-order valence-electron chi connectivity index (χ2n) is 17.0. The minimum Gasteiger partial charge on any atom is -0.311 e. The van der Waals surface area contributed by atoms with Crippen LogP contribution in [-0.4, -0.2) is 6.71 Å². The van der Waals surface area contributed by atoms with Crippen LogP contribution in [-0.2, 0) is 0 Å². The maximum atomic E-state index is 10.2. The second kappa shape index (κ2) is 13.1. The Morgan fingerprint density at radius 2 is 0.785 bits per heavy atom. The lowest BCUT2D eigenvalue weighted by molar-refractivity contribution is 1.28. The monoisotopic (exact) mass is 831 g/mol. The zero-order valence-electron chi connectivity index (χ0n) is 45.5. The van der Waals surface area contributed by atoms with Crippen molar-refractivity contribution in [3.8, 4) is 0 Å². The van der Waals surface area contributed by atoms with Gasteiger partial charge in [0, 0.05) is 44.6 Å². The van der Waals surface area contributed by atoms with Crippen LogP contribution < -0.4 is 26.2 Å². The molecule has 0 spiro atoms. The van der Waals surface area contributed by atoms with Crippen molar-refractivity contribution in [3.05, 3.63) is 224 Å². The minimum atomic E-state index is -0.993. The first-order chi connectivity index (χ1) is 36.9. The van der Waals surface area contributed by atoms with E-state index >= 15 is 0 Å². The van der Waals surface area contributed by atoms with Crippen LogP contribution in [0.2, 0.25) is 0 Å². The van der Waals surface area contributed by atoms with Crippen LogP contribution >= 0.6 is 0 Å². The van der Waals surface area contributed by atoms with Crippen molar-refractivity contribution in [3.63, 3.8) is 0 Å². The van der Waals surface area contributed by atoms with Crippen LogP contribution in [0, 0.1) is 0 Å². The third-order valence-electron chi connectivity index (χ3n) is 13.9. The fourth-order valence-electron chi connectivity index (χ4n) is 11.4. The van der Waals surface area contributed by atoms with Gasteiger partial charge in [-0.1, -0.05) is 194 Å². The first kappa shape index (κ1) is 26.3. The van der Waals surface area contributed by atoms with Gasteiger partial charge in [-0.15, -0.1) is 0 Å². The van der Waals surface area contributed by atoms with Gasteiger partial charge in [-0.05, 0) is 117 Å². The molecule has 2 aliphatic heterocycles. The third-order valence-corrected chi connectivity index (χ3v) is 13.9. The SMILES string of the molecule is [2H]c1c([2H])c([2H])c2c3c(cc([2H])c2c1[2H])B1c2c(cccc2N3c2cccc3c4ccccc4c4ccccc4c23)N(c2ccc3c4ccccc4c4ccccc4c3c2)c2c1c([2H])c([2H])c1c([2H])c([2H])c([2H])c([2H])c21. The topological polar surface area (TPSA) is 6.48 Å². The van der Waals surface area contributed by atoms with Gasteiger partial charge in [0.2, 0.25) is 0 Å². The molecule has 3 heteroatoms. The molecule has 65 heavy (non-hydrogen) atoms. The number of nitrogens with zero attached hydrogens (tertiary/aromatic N) is 2. The molecule has 0 aliphatic carbocycles. The quantitative estimate of drug-likeness (QED) is 0.126. The van der Waals surface area contributed by atoms with Crippen LogP contribution in [0.15, 0.2) is 224 Å². The van der Waals surface area contributed by atoms with Crippen LogP contribution in [0.25, 0.3) is 86.2 Å². The highest BCUT2D eigenvalue weighted by Gasteiger charge is 2.44. The average Bonchev–Trinajstić information content (AvgIpc) is 3.49. The predicted molar refractivity (Wildman–Crippen MR) is 281 cm³/mol. The highest BCUT2D eigenvalue weighted by atomic mass is 15.2. The lowest BCUT2D eigenvalue weighted by Crippen LogP contribution is -2.61. The molecule has 13 aromatic carbocycles. The van der Waals surface area contributed by atoms with Crippen LogP contribution in [0.1, 0.15) is 15.1 Å². The van der Waals surface area contributed by atoms with Crippen LogP contribution in [0.4, 0.5) is 34.1 Å². The van der Waals surface area contributed by atoms with E-state index in [2.05, 4.69) is 71.6 Å². The Hall–Kier alpha value is -8.40. The number of hydrogen-bond acceptors (Lipinski definition) is 2. The van der Waals surface area contributed by atoms with Gasteiger partial charge < -0.3 is 9.80 Å². The molecular weight excluding hydrogens is 784 g/mol.